The minimum Gasteiger partial charge on any atom is -0.455 e. The molecule has 4 heterocycles. The second-order valence-corrected chi connectivity index (χ2v) is 30.7. The lowest BCUT2D eigenvalue weighted by Crippen LogP contribution is -2.11. The number of benzene rings is 18. The van der Waals surface area contributed by atoms with Crippen LogP contribution in [0.3, 0.4) is 0 Å². The highest BCUT2D eigenvalue weighted by Crippen LogP contribution is 2.51. The lowest BCUT2D eigenvalue weighted by Gasteiger charge is -2.29. The van der Waals surface area contributed by atoms with Crippen LogP contribution in [0.4, 0.5) is 34.1 Å². The van der Waals surface area contributed by atoms with Crippen molar-refractivity contribution in [1.29, 1.82) is 0 Å². The molecule has 0 atom stereocenters. The van der Waals surface area contributed by atoms with Gasteiger partial charge in [0, 0.05) is 107 Å². The molecule has 22 rings (SSSR count). The van der Waals surface area contributed by atoms with Gasteiger partial charge >= 0.3 is 0 Å². The number of fused-ring (bicyclic) bond motifs is 14. The largest absolute Gasteiger partial charge is 0.455 e. The quantitative estimate of drug-likeness (QED) is 0.115. The van der Waals surface area contributed by atoms with Gasteiger partial charge in [-0.3, -0.25) is 0 Å². The van der Waals surface area contributed by atoms with Gasteiger partial charge in [0.1, 0.15) is 22.3 Å². The van der Waals surface area contributed by atoms with E-state index in [0.717, 1.165) is 150 Å². The van der Waals surface area contributed by atoms with Gasteiger partial charge < -0.3 is 18.6 Å². The first-order chi connectivity index (χ1) is 54.5. The van der Waals surface area contributed by atoms with Gasteiger partial charge in [0.15, 0.2) is 0 Å². The summed E-state index contributed by atoms with van der Waals surface area (Å²) < 4.78 is 18.9. The molecule has 0 fully saturated rings. The Morgan fingerprint density at radius 2 is 0.573 bits per heavy atom. The first kappa shape index (κ1) is 63.4. The molecule has 18 aromatic carbocycles. The molecule has 0 unspecified atom stereocenters. The summed E-state index contributed by atoms with van der Waals surface area (Å²) in [6.07, 6.45) is 0. The lowest BCUT2D eigenvalue weighted by atomic mass is 9.93. The van der Waals surface area contributed by atoms with Gasteiger partial charge in [-0.2, -0.15) is 0 Å². The number of rotatable bonds is 13. The Balaban J connectivity index is 0.634. The molecule has 0 aliphatic rings. The molecular formula is C104H64N2O2S2. The first-order valence-electron chi connectivity index (χ1n) is 37.4. The zero-order chi connectivity index (χ0) is 72.3. The number of nitrogens with zero attached hydrogens (tertiary/aromatic N) is 2. The topological polar surface area (TPSA) is 32.8 Å². The van der Waals surface area contributed by atoms with E-state index in [1.54, 1.807) is 0 Å². The van der Waals surface area contributed by atoms with Crippen LogP contribution in [0.1, 0.15) is 0 Å². The van der Waals surface area contributed by atoms with E-state index in [-0.39, 0.29) is 0 Å². The number of hydrogen-bond acceptors (Lipinski definition) is 6. The van der Waals surface area contributed by atoms with Crippen molar-refractivity contribution in [3.8, 4) is 77.9 Å². The molecule has 22 aromatic rings. The van der Waals surface area contributed by atoms with E-state index in [1.807, 2.05) is 28.7 Å². The highest BCUT2D eigenvalue weighted by atomic mass is 32.1. The predicted molar refractivity (Wildman–Crippen MR) is 469 cm³/mol. The molecule has 0 aliphatic heterocycles. The van der Waals surface area contributed by atoms with Crippen LogP contribution in [0.25, 0.3) is 184 Å². The van der Waals surface area contributed by atoms with Crippen LogP contribution in [0, 0.1) is 0 Å². The summed E-state index contributed by atoms with van der Waals surface area (Å²) in [6, 6.07) is 142. The molecule has 0 N–H and O–H groups in total. The van der Waals surface area contributed by atoms with E-state index in [4.69, 9.17) is 8.83 Å². The van der Waals surface area contributed by atoms with Crippen molar-refractivity contribution in [3.05, 3.63) is 388 Å². The average molecular weight is 1440 g/mol. The number of anilines is 6. The molecule has 6 heteroatoms. The van der Waals surface area contributed by atoms with Crippen molar-refractivity contribution >= 4 is 163 Å². The van der Waals surface area contributed by atoms with Gasteiger partial charge in [-0.15, -0.1) is 22.7 Å². The number of thiophene rings is 2. The lowest BCUT2D eigenvalue weighted by molar-refractivity contribution is 0.669. The summed E-state index contributed by atoms with van der Waals surface area (Å²) in [4.78, 5) is 4.89. The third kappa shape index (κ3) is 10.6. The maximum atomic E-state index is 7.06. The summed E-state index contributed by atoms with van der Waals surface area (Å²) in [5, 5.41) is 14.2. The summed E-state index contributed by atoms with van der Waals surface area (Å²) >= 11 is 3.72. The molecule has 4 nitrogen and oxygen atoms in total. The van der Waals surface area contributed by atoms with Crippen LogP contribution in [0.5, 0.6) is 0 Å². The van der Waals surface area contributed by atoms with Crippen LogP contribution in [-0.2, 0) is 0 Å². The molecule has 0 saturated carbocycles. The van der Waals surface area contributed by atoms with Crippen molar-refractivity contribution in [2.24, 2.45) is 0 Å². The Bertz CT molecular complexity index is 7310. The molecule has 0 amide bonds. The standard InChI is InChI=1S/C104H64N2O2S2/c1-2-33-78-65(22-1)23-17-42-83(78)85-34-3-8-47-95(85)105(74-29-13-24-66(59-74)69-54-57-101-94(64-69)89-38-7-11-50-99(89)109-101)75-30-15-26-72(61-75)81-40-20-45-91-93-63-68(53-56-98(93)108-103(81)91)67-52-55-79-70(58-67)28-18-43-84(79)86-35-4-9-48-96(86)106(76-31-14-25-71(60-76)80-39-19-44-90-87-36-5-10-49-97(87)107-102(80)90)77-32-16-27-73(62-77)82-41-21-46-92-88-37-6-12-51-100(88)110-104(82)92/h1-64H. The number of hydrogen-bond donors (Lipinski definition) is 0. The second-order valence-electron chi connectivity index (χ2n) is 28.5. The van der Waals surface area contributed by atoms with E-state index < -0.39 is 0 Å². The van der Waals surface area contributed by atoms with Crippen LogP contribution in [0.15, 0.2) is 397 Å². The minimum atomic E-state index is 0.840. The van der Waals surface area contributed by atoms with Crippen LogP contribution in [-0.4, -0.2) is 0 Å². The zero-order valence-electron chi connectivity index (χ0n) is 59.5. The molecule has 514 valence electrons. The molecule has 0 spiro atoms. The van der Waals surface area contributed by atoms with Crippen molar-refractivity contribution in [2.75, 3.05) is 9.80 Å². The van der Waals surface area contributed by atoms with Crippen molar-refractivity contribution < 1.29 is 8.83 Å². The van der Waals surface area contributed by atoms with Gasteiger partial charge in [-0.25, -0.2) is 0 Å². The summed E-state index contributed by atoms with van der Waals surface area (Å²) in [6.45, 7) is 0. The monoisotopic (exact) mass is 1440 g/mol. The van der Waals surface area contributed by atoms with Crippen LogP contribution < -0.4 is 9.80 Å². The first-order valence-corrected chi connectivity index (χ1v) is 39.0. The third-order valence-electron chi connectivity index (χ3n) is 22.2. The highest BCUT2D eigenvalue weighted by Gasteiger charge is 2.25. The van der Waals surface area contributed by atoms with Gasteiger partial charge in [0.2, 0.25) is 0 Å². The number of furan rings is 2. The molecular weight excluding hydrogens is 1370 g/mol. The Hall–Kier alpha value is -13.9. The Morgan fingerprint density at radius 3 is 1.23 bits per heavy atom. The smallest absolute Gasteiger partial charge is 0.143 e. The van der Waals surface area contributed by atoms with Gasteiger partial charge in [0.25, 0.3) is 0 Å². The summed E-state index contributed by atoms with van der Waals surface area (Å²) in [7, 11) is 0. The van der Waals surface area contributed by atoms with Crippen molar-refractivity contribution in [2.45, 2.75) is 0 Å². The van der Waals surface area contributed by atoms with E-state index in [1.165, 1.54) is 67.8 Å². The van der Waals surface area contributed by atoms with E-state index in [2.05, 4.69) is 392 Å². The predicted octanol–water partition coefficient (Wildman–Crippen LogP) is 31.1. The van der Waals surface area contributed by atoms with Crippen LogP contribution >= 0.6 is 22.7 Å². The third-order valence-corrected chi connectivity index (χ3v) is 24.6. The molecule has 0 bridgehead atoms. The molecule has 0 saturated heterocycles. The number of para-hydroxylation sites is 5. The van der Waals surface area contributed by atoms with E-state index >= 15 is 0 Å². The SMILES string of the molecule is c1cc(-c2ccc3sc4ccccc4c3c2)cc(N(c2cccc(-c3cccc4c3oc3ccc(-c5ccc6c(-c7ccccc7N(c7cccc(-c8cccc9c8oc8ccccc89)c7)c7cccc(-c8cccc9c8sc8ccccc89)c7)cccc6c5)cc34)c2)c2ccccc2-c2cccc3ccccc23)c1. The normalized spacial score (nSPS) is 11.8. The Kier molecular flexibility index (Phi) is 15.0. The maximum absolute atomic E-state index is 7.06. The van der Waals surface area contributed by atoms with E-state index in [9.17, 15) is 0 Å². The molecule has 0 aliphatic carbocycles. The fourth-order valence-electron chi connectivity index (χ4n) is 17.1. The Labute approximate surface area is 642 Å². The second kappa shape index (κ2) is 26.0. The fourth-order valence-corrected chi connectivity index (χ4v) is 19.5. The molecule has 110 heavy (non-hydrogen) atoms. The summed E-state index contributed by atoms with van der Waals surface area (Å²) in [5.74, 6) is 0. The van der Waals surface area contributed by atoms with Gasteiger partial charge in [-0.05, 0) is 186 Å². The summed E-state index contributed by atoms with van der Waals surface area (Å²) in [5.41, 5.74) is 25.5. The maximum Gasteiger partial charge on any atom is 0.143 e. The molecule has 0 radical (unpaired) electrons. The van der Waals surface area contributed by atoms with Crippen molar-refractivity contribution in [3.63, 3.8) is 0 Å². The van der Waals surface area contributed by atoms with Crippen LogP contribution in [0.2, 0.25) is 0 Å². The average Bonchev–Trinajstić information content (AvgIpc) is 1.25. The fraction of sp³-hybridized carbons (Fsp3) is 0. The van der Waals surface area contributed by atoms with Gasteiger partial charge in [0.05, 0.1) is 11.4 Å². The Morgan fingerprint density at radius 1 is 0.191 bits per heavy atom. The zero-order valence-corrected chi connectivity index (χ0v) is 61.1. The van der Waals surface area contributed by atoms with Crippen molar-refractivity contribution in [1.82, 2.24) is 0 Å². The highest BCUT2D eigenvalue weighted by molar-refractivity contribution is 7.26. The van der Waals surface area contributed by atoms with Gasteiger partial charge in [-0.1, -0.05) is 279 Å². The molecule has 4 aromatic heterocycles. The minimum absolute atomic E-state index is 0.840. The van der Waals surface area contributed by atoms with E-state index in [0.29, 0.717) is 0 Å².